The van der Waals surface area contributed by atoms with Gasteiger partial charge in [-0.25, -0.2) is 0 Å². The highest BCUT2D eigenvalue weighted by molar-refractivity contribution is 6.31. The van der Waals surface area contributed by atoms with E-state index >= 15 is 0 Å². The van der Waals surface area contributed by atoms with Gasteiger partial charge >= 0.3 is 5.97 Å². The lowest BCUT2D eigenvalue weighted by Gasteiger charge is -2.36. The van der Waals surface area contributed by atoms with Crippen LogP contribution in [0.2, 0.25) is 5.02 Å². The first-order valence-electron chi connectivity index (χ1n) is 10.00. The van der Waals surface area contributed by atoms with E-state index in [9.17, 15) is 9.59 Å². The first-order chi connectivity index (χ1) is 13.1. The van der Waals surface area contributed by atoms with Crippen LogP contribution in [-0.4, -0.2) is 54.0 Å². The van der Waals surface area contributed by atoms with E-state index in [0.29, 0.717) is 30.6 Å². The van der Waals surface area contributed by atoms with Crippen LogP contribution < -0.4 is 0 Å². The predicted molar refractivity (Wildman–Crippen MR) is 105 cm³/mol. The summed E-state index contributed by atoms with van der Waals surface area (Å²) in [5, 5.41) is 0.715. The summed E-state index contributed by atoms with van der Waals surface area (Å²) < 4.78 is 5.16. The van der Waals surface area contributed by atoms with Gasteiger partial charge in [0.25, 0.3) is 0 Å². The zero-order chi connectivity index (χ0) is 19.2. The molecule has 2 aliphatic heterocycles. The van der Waals surface area contributed by atoms with Crippen LogP contribution in [0.5, 0.6) is 0 Å². The topological polar surface area (TPSA) is 49.9 Å². The van der Waals surface area contributed by atoms with Gasteiger partial charge in [-0.3, -0.25) is 9.59 Å². The molecular formula is C21H29ClN2O3. The van der Waals surface area contributed by atoms with Crippen molar-refractivity contribution in [2.24, 2.45) is 5.92 Å². The normalized spacial score (nSPS) is 22.5. The highest BCUT2D eigenvalue weighted by Crippen LogP contribution is 2.26. The van der Waals surface area contributed by atoms with Gasteiger partial charge in [-0.15, -0.1) is 0 Å². The Morgan fingerprint density at radius 1 is 1.15 bits per heavy atom. The molecule has 1 amide bonds. The predicted octanol–water partition coefficient (Wildman–Crippen LogP) is 3.50. The average molecular weight is 393 g/mol. The Morgan fingerprint density at radius 3 is 2.59 bits per heavy atom. The summed E-state index contributed by atoms with van der Waals surface area (Å²) in [6, 6.07) is 8.13. The molecule has 0 saturated carbocycles. The largest absolute Gasteiger partial charge is 0.466 e. The number of carbonyl (C=O) groups excluding carboxylic acids is 2. The van der Waals surface area contributed by atoms with Crippen molar-refractivity contribution in [2.75, 3.05) is 26.2 Å². The SMILES string of the molecule is CCOC(=O)C1CCN([C@@H]2CCC(=O)N(Cc3ccccc3Cl)CC2)CC1. The Labute approximate surface area is 166 Å². The zero-order valence-corrected chi connectivity index (χ0v) is 16.8. The minimum Gasteiger partial charge on any atom is -0.466 e. The van der Waals surface area contributed by atoms with Crippen molar-refractivity contribution in [3.05, 3.63) is 34.9 Å². The van der Waals surface area contributed by atoms with Crippen LogP contribution in [0, 0.1) is 5.92 Å². The molecule has 3 rings (SSSR count). The van der Waals surface area contributed by atoms with Crippen LogP contribution in [0.4, 0.5) is 0 Å². The molecule has 0 N–H and O–H groups in total. The second-order valence-corrected chi connectivity index (χ2v) is 7.86. The molecule has 5 nitrogen and oxygen atoms in total. The van der Waals surface area contributed by atoms with Crippen LogP contribution in [0.1, 0.15) is 44.6 Å². The second-order valence-electron chi connectivity index (χ2n) is 7.45. The molecule has 2 aliphatic rings. The van der Waals surface area contributed by atoms with E-state index in [2.05, 4.69) is 4.90 Å². The minimum atomic E-state index is -0.0564. The van der Waals surface area contributed by atoms with Crippen LogP contribution in [-0.2, 0) is 20.9 Å². The van der Waals surface area contributed by atoms with Gasteiger partial charge in [-0.05, 0) is 57.3 Å². The van der Waals surface area contributed by atoms with E-state index in [-0.39, 0.29) is 17.8 Å². The smallest absolute Gasteiger partial charge is 0.309 e. The summed E-state index contributed by atoms with van der Waals surface area (Å²) in [4.78, 5) is 28.9. The summed E-state index contributed by atoms with van der Waals surface area (Å²) in [6.45, 7) is 5.46. The van der Waals surface area contributed by atoms with Crippen molar-refractivity contribution in [3.63, 3.8) is 0 Å². The third-order valence-corrected chi connectivity index (χ3v) is 6.13. The lowest BCUT2D eigenvalue weighted by atomic mass is 9.94. The molecule has 2 heterocycles. The molecule has 0 aliphatic carbocycles. The van der Waals surface area contributed by atoms with E-state index in [0.717, 1.165) is 50.9 Å². The number of likely N-dealkylation sites (tertiary alicyclic amines) is 2. The third-order valence-electron chi connectivity index (χ3n) is 5.76. The number of ether oxygens (including phenoxy) is 1. The van der Waals surface area contributed by atoms with Crippen LogP contribution in [0.25, 0.3) is 0 Å². The van der Waals surface area contributed by atoms with E-state index < -0.39 is 0 Å². The summed E-state index contributed by atoms with van der Waals surface area (Å²) in [5.74, 6) is 0.184. The quantitative estimate of drug-likeness (QED) is 0.719. The summed E-state index contributed by atoms with van der Waals surface area (Å²) in [7, 11) is 0. The molecular weight excluding hydrogens is 364 g/mol. The average Bonchev–Trinajstić information content (AvgIpc) is 2.86. The number of carbonyl (C=O) groups is 2. The number of amides is 1. The van der Waals surface area contributed by atoms with Gasteiger partial charge < -0.3 is 14.5 Å². The Kier molecular flexibility index (Phi) is 7.13. The number of hydrogen-bond donors (Lipinski definition) is 0. The van der Waals surface area contributed by atoms with Gasteiger partial charge in [-0.1, -0.05) is 29.8 Å². The van der Waals surface area contributed by atoms with E-state index in [1.807, 2.05) is 36.1 Å². The summed E-state index contributed by atoms with van der Waals surface area (Å²) in [6.07, 6.45) is 4.15. The molecule has 0 radical (unpaired) electrons. The summed E-state index contributed by atoms with van der Waals surface area (Å²) >= 11 is 6.26. The number of rotatable bonds is 5. The number of piperidine rings is 1. The third kappa shape index (κ3) is 5.23. The van der Waals surface area contributed by atoms with Crippen molar-refractivity contribution in [2.45, 2.75) is 51.6 Å². The van der Waals surface area contributed by atoms with Gasteiger partial charge in [-0.2, -0.15) is 0 Å². The minimum absolute atomic E-state index is 0.0327. The maximum atomic E-state index is 12.6. The van der Waals surface area contributed by atoms with Crippen molar-refractivity contribution < 1.29 is 14.3 Å². The van der Waals surface area contributed by atoms with Crippen molar-refractivity contribution in [1.82, 2.24) is 9.80 Å². The first-order valence-corrected chi connectivity index (χ1v) is 10.4. The number of halogens is 1. The number of nitrogens with zero attached hydrogens (tertiary/aromatic N) is 2. The number of esters is 1. The van der Waals surface area contributed by atoms with E-state index in [1.54, 1.807) is 0 Å². The van der Waals surface area contributed by atoms with Crippen LogP contribution >= 0.6 is 11.6 Å². The van der Waals surface area contributed by atoms with Crippen molar-refractivity contribution >= 4 is 23.5 Å². The van der Waals surface area contributed by atoms with Crippen LogP contribution in [0.3, 0.4) is 0 Å². The van der Waals surface area contributed by atoms with Gasteiger partial charge in [0.1, 0.15) is 0 Å². The Balaban J connectivity index is 1.53. The molecule has 0 bridgehead atoms. The maximum Gasteiger partial charge on any atom is 0.309 e. The Morgan fingerprint density at radius 2 is 1.89 bits per heavy atom. The molecule has 2 fully saturated rings. The fraction of sp³-hybridized carbons (Fsp3) is 0.619. The monoisotopic (exact) mass is 392 g/mol. The summed E-state index contributed by atoms with van der Waals surface area (Å²) in [5.41, 5.74) is 1.00. The number of hydrogen-bond acceptors (Lipinski definition) is 4. The molecule has 27 heavy (non-hydrogen) atoms. The second kappa shape index (κ2) is 9.56. The number of benzene rings is 1. The van der Waals surface area contributed by atoms with Crippen LogP contribution in [0.15, 0.2) is 24.3 Å². The van der Waals surface area contributed by atoms with E-state index in [4.69, 9.17) is 16.3 Å². The molecule has 1 atom stereocenters. The first kappa shape index (κ1) is 20.2. The standard InChI is InChI=1S/C21H29ClN2O3/c1-2-27-21(26)16-9-12-23(13-10-16)18-7-8-20(25)24(14-11-18)15-17-5-3-4-6-19(17)22/h3-6,16,18H,2,7-15H2,1H3/t18-/m1/s1. The van der Waals surface area contributed by atoms with Crippen molar-refractivity contribution in [3.8, 4) is 0 Å². The molecule has 2 saturated heterocycles. The van der Waals surface area contributed by atoms with Gasteiger partial charge in [0.05, 0.1) is 12.5 Å². The highest BCUT2D eigenvalue weighted by atomic mass is 35.5. The van der Waals surface area contributed by atoms with Gasteiger partial charge in [0, 0.05) is 30.6 Å². The Bertz CT molecular complexity index is 659. The Hall–Kier alpha value is -1.59. The van der Waals surface area contributed by atoms with Gasteiger partial charge in [0.15, 0.2) is 0 Å². The molecule has 0 aromatic heterocycles. The molecule has 148 valence electrons. The van der Waals surface area contributed by atoms with E-state index in [1.165, 1.54) is 0 Å². The molecule has 0 unspecified atom stereocenters. The fourth-order valence-electron chi connectivity index (χ4n) is 4.15. The van der Waals surface area contributed by atoms with Gasteiger partial charge in [0.2, 0.25) is 5.91 Å². The molecule has 6 heteroatoms. The fourth-order valence-corrected chi connectivity index (χ4v) is 4.34. The lowest BCUT2D eigenvalue weighted by Crippen LogP contribution is -2.43. The zero-order valence-electron chi connectivity index (χ0n) is 16.0. The molecule has 0 spiro atoms. The lowest BCUT2D eigenvalue weighted by molar-refractivity contribution is -0.149. The molecule has 1 aromatic rings. The maximum absolute atomic E-state index is 12.6. The van der Waals surface area contributed by atoms with Crippen molar-refractivity contribution in [1.29, 1.82) is 0 Å². The molecule has 1 aromatic carbocycles. The highest BCUT2D eigenvalue weighted by Gasteiger charge is 2.31.